The Bertz CT molecular complexity index is 377. The number of amides is 1. The van der Waals surface area contributed by atoms with Crippen LogP contribution in [0.15, 0.2) is 15.2 Å². The monoisotopic (exact) mass is 318 g/mol. The molecule has 0 atom stereocenters. The van der Waals surface area contributed by atoms with Crippen LogP contribution in [0.5, 0.6) is 0 Å². The van der Waals surface area contributed by atoms with Crippen molar-refractivity contribution in [3.63, 3.8) is 0 Å². The van der Waals surface area contributed by atoms with E-state index in [9.17, 15) is 4.79 Å². The first kappa shape index (κ1) is 13.0. The second-order valence-electron chi connectivity index (χ2n) is 3.84. The molecular formula is C11H15BrN2O2S. The summed E-state index contributed by atoms with van der Waals surface area (Å²) in [4.78, 5) is 13.7. The molecule has 94 valence electrons. The van der Waals surface area contributed by atoms with Crippen LogP contribution in [0.25, 0.3) is 0 Å². The maximum absolute atomic E-state index is 11.8. The highest BCUT2D eigenvalue weighted by Gasteiger charge is 2.16. The largest absolute Gasteiger partial charge is 0.378 e. The Balaban J connectivity index is 1.71. The molecule has 4 nitrogen and oxygen atoms in total. The van der Waals surface area contributed by atoms with Gasteiger partial charge in [-0.25, -0.2) is 0 Å². The molecule has 17 heavy (non-hydrogen) atoms. The molecule has 0 spiro atoms. The van der Waals surface area contributed by atoms with Crippen LogP contribution in [0.2, 0.25) is 0 Å². The average Bonchev–Trinajstić information content (AvgIpc) is 2.76. The van der Waals surface area contributed by atoms with Crippen LogP contribution in [0, 0.1) is 0 Å². The van der Waals surface area contributed by atoms with E-state index in [1.807, 2.05) is 10.3 Å². The third-order valence-electron chi connectivity index (χ3n) is 2.64. The Hall–Kier alpha value is -0.430. The Labute approximate surface area is 113 Å². The predicted molar refractivity (Wildman–Crippen MR) is 71.1 cm³/mol. The molecule has 0 aromatic carbocycles. The van der Waals surface area contributed by atoms with E-state index in [-0.39, 0.29) is 5.91 Å². The minimum absolute atomic E-state index is 0.152. The second kappa shape index (κ2) is 6.49. The first-order valence-corrected chi connectivity index (χ1v) is 7.28. The van der Waals surface area contributed by atoms with Crippen LogP contribution in [0.3, 0.4) is 0 Å². The molecule has 1 saturated heterocycles. The Morgan fingerprint density at radius 3 is 2.88 bits per heavy atom. The van der Waals surface area contributed by atoms with Gasteiger partial charge in [-0.05, 0) is 26.9 Å². The first-order valence-electron chi connectivity index (χ1n) is 5.54. The van der Waals surface area contributed by atoms with Crippen molar-refractivity contribution in [2.45, 2.75) is 6.54 Å². The van der Waals surface area contributed by atoms with Crippen LogP contribution in [-0.2, 0) is 16.1 Å². The summed E-state index contributed by atoms with van der Waals surface area (Å²) in [5, 5.41) is 7.29. The Morgan fingerprint density at radius 2 is 2.24 bits per heavy atom. The summed E-state index contributed by atoms with van der Waals surface area (Å²) in [6, 6.07) is 0. The van der Waals surface area contributed by atoms with Crippen molar-refractivity contribution in [3.05, 3.63) is 20.8 Å². The van der Waals surface area contributed by atoms with E-state index >= 15 is 0 Å². The highest BCUT2D eigenvalue weighted by atomic mass is 79.9. The van der Waals surface area contributed by atoms with E-state index in [1.54, 1.807) is 11.3 Å². The standard InChI is InChI=1S/C11H15BrN2O2S/c12-10-8-17-7-9(10)5-13-6-11(15)14-1-3-16-4-2-14/h7-8,13H,1-6H2. The number of hydrogen-bond donors (Lipinski definition) is 1. The molecule has 0 unspecified atom stereocenters. The smallest absolute Gasteiger partial charge is 0.236 e. The lowest BCUT2D eigenvalue weighted by Gasteiger charge is -2.26. The van der Waals surface area contributed by atoms with Crippen LogP contribution in [-0.4, -0.2) is 43.7 Å². The molecule has 1 fully saturated rings. The number of nitrogens with zero attached hydrogens (tertiary/aromatic N) is 1. The number of halogens is 1. The number of carbonyl (C=O) groups excluding carboxylic acids is 1. The van der Waals surface area contributed by atoms with Gasteiger partial charge in [-0.15, -0.1) is 0 Å². The van der Waals surface area contributed by atoms with E-state index in [1.165, 1.54) is 5.56 Å². The van der Waals surface area contributed by atoms with Crippen molar-refractivity contribution in [3.8, 4) is 0 Å². The average molecular weight is 319 g/mol. The maximum atomic E-state index is 11.8. The molecule has 1 aliphatic heterocycles. The summed E-state index contributed by atoms with van der Waals surface area (Å²) < 4.78 is 6.32. The number of thiophene rings is 1. The zero-order chi connectivity index (χ0) is 12.1. The minimum Gasteiger partial charge on any atom is -0.378 e. The highest BCUT2D eigenvalue weighted by molar-refractivity contribution is 9.10. The third kappa shape index (κ3) is 3.77. The van der Waals surface area contributed by atoms with Gasteiger partial charge in [0.2, 0.25) is 5.91 Å². The molecule has 0 saturated carbocycles. The highest BCUT2D eigenvalue weighted by Crippen LogP contribution is 2.20. The lowest BCUT2D eigenvalue weighted by atomic mass is 10.3. The number of ether oxygens (including phenoxy) is 1. The van der Waals surface area contributed by atoms with Crippen LogP contribution in [0.4, 0.5) is 0 Å². The SMILES string of the molecule is O=C(CNCc1cscc1Br)N1CCOCC1. The van der Waals surface area contributed by atoms with E-state index in [2.05, 4.69) is 26.6 Å². The first-order chi connectivity index (χ1) is 8.27. The summed E-state index contributed by atoms with van der Waals surface area (Å²) in [5.74, 6) is 0.152. The molecular weight excluding hydrogens is 304 g/mol. The number of hydrogen-bond acceptors (Lipinski definition) is 4. The number of nitrogens with one attached hydrogen (secondary N) is 1. The van der Waals surface area contributed by atoms with E-state index < -0.39 is 0 Å². The molecule has 1 aromatic rings. The van der Waals surface area contributed by atoms with Crippen molar-refractivity contribution >= 4 is 33.2 Å². The maximum Gasteiger partial charge on any atom is 0.236 e. The van der Waals surface area contributed by atoms with Gasteiger partial charge >= 0.3 is 0 Å². The van der Waals surface area contributed by atoms with Gasteiger partial charge < -0.3 is 15.0 Å². The molecule has 0 bridgehead atoms. The number of rotatable bonds is 4. The molecule has 2 heterocycles. The fraction of sp³-hybridized carbons (Fsp3) is 0.545. The number of morpholine rings is 1. The van der Waals surface area contributed by atoms with Crippen molar-refractivity contribution in [2.24, 2.45) is 0 Å². The van der Waals surface area contributed by atoms with Crippen LogP contribution < -0.4 is 5.32 Å². The summed E-state index contributed by atoms with van der Waals surface area (Å²) in [5.41, 5.74) is 1.20. The minimum atomic E-state index is 0.152. The molecule has 6 heteroatoms. The predicted octanol–water partition coefficient (Wildman–Crippen LogP) is 1.46. The van der Waals surface area contributed by atoms with Gasteiger partial charge in [-0.1, -0.05) is 0 Å². The Morgan fingerprint density at radius 1 is 1.47 bits per heavy atom. The molecule has 1 aromatic heterocycles. The fourth-order valence-electron chi connectivity index (χ4n) is 1.66. The van der Waals surface area contributed by atoms with Gasteiger partial charge in [0.15, 0.2) is 0 Å². The van der Waals surface area contributed by atoms with E-state index in [4.69, 9.17) is 4.74 Å². The zero-order valence-electron chi connectivity index (χ0n) is 9.45. The summed E-state index contributed by atoms with van der Waals surface area (Å²) in [7, 11) is 0. The van der Waals surface area contributed by atoms with Crippen LogP contribution in [0.1, 0.15) is 5.56 Å². The fourth-order valence-corrected chi connectivity index (χ4v) is 3.11. The summed E-state index contributed by atoms with van der Waals surface area (Å²) in [6.07, 6.45) is 0. The van der Waals surface area contributed by atoms with Gasteiger partial charge in [0, 0.05) is 29.5 Å². The van der Waals surface area contributed by atoms with Gasteiger partial charge in [0.25, 0.3) is 0 Å². The lowest BCUT2D eigenvalue weighted by Crippen LogP contribution is -2.44. The third-order valence-corrected chi connectivity index (χ3v) is 4.48. The number of carbonyl (C=O) groups is 1. The van der Waals surface area contributed by atoms with Gasteiger partial charge in [-0.2, -0.15) is 11.3 Å². The summed E-state index contributed by atoms with van der Waals surface area (Å²) in [6.45, 7) is 3.84. The quantitative estimate of drug-likeness (QED) is 0.914. The molecule has 0 aliphatic carbocycles. The van der Waals surface area contributed by atoms with E-state index in [0.717, 1.165) is 11.0 Å². The molecule has 1 N–H and O–H groups in total. The van der Waals surface area contributed by atoms with Crippen molar-refractivity contribution in [1.29, 1.82) is 0 Å². The molecule has 2 rings (SSSR count). The Kier molecular flexibility index (Phi) is 4.97. The molecule has 1 aliphatic rings. The van der Waals surface area contributed by atoms with Gasteiger partial charge in [-0.3, -0.25) is 4.79 Å². The van der Waals surface area contributed by atoms with Gasteiger partial charge in [0.05, 0.1) is 19.8 Å². The van der Waals surface area contributed by atoms with Crippen LogP contribution >= 0.6 is 27.3 Å². The zero-order valence-corrected chi connectivity index (χ0v) is 11.8. The normalized spacial score (nSPS) is 16.2. The van der Waals surface area contributed by atoms with E-state index in [0.29, 0.717) is 32.8 Å². The second-order valence-corrected chi connectivity index (χ2v) is 5.44. The van der Waals surface area contributed by atoms with Crippen molar-refractivity contribution < 1.29 is 9.53 Å². The van der Waals surface area contributed by atoms with Crippen molar-refractivity contribution in [2.75, 3.05) is 32.8 Å². The van der Waals surface area contributed by atoms with Crippen molar-refractivity contribution in [1.82, 2.24) is 10.2 Å². The summed E-state index contributed by atoms with van der Waals surface area (Å²) >= 11 is 5.12. The molecule has 0 radical (unpaired) electrons. The topological polar surface area (TPSA) is 41.6 Å². The molecule has 1 amide bonds. The lowest BCUT2D eigenvalue weighted by molar-refractivity contribution is -0.134. The van der Waals surface area contributed by atoms with Gasteiger partial charge in [0.1, 0.15) is 0 Å².